The smallest absolute Gasteiger partial charge is 0.383 e. The summed E-state index contributed by atoms with van der Waals surface area (Å²) < 4.78 is 62.3. The van der Waals surface area contributed by atoms with Crippen LogP contribution in [0.1, 0.15) is 17.6 Å². The molecule has 5 nitrogen and oxygen atoms in total. The van der Waals surface area contributed by atoms with Gasteiger partial charge in [0.15, 0.2) is 0 Å². The third-order valence-corrected chi connectivity index (χ3v) is 1.83. The maximum atomic E-state index is 12.5. The van der Waals surface area contributed by atoms with E-state index in [1.165, 1.54) is 0 Å². The third kappa shape index (κ3) is 2.40. The maximum Gasteiger partial charge on any atom is 0.420 e. The van der Waals surface area contributed by atoms with Crippen LogP contribution in [0.25, 0.3) is 0 Å². The Morgan fingerprint density at radius 2 is 1.94 bits per heavy atom. The maximum absolute atomic E-state index is 12.5. The lowest BCUT2D eigenvalue weighted by Gasteiger charge is -2.13. The molecule has 1 rings (SSSR count). The average molecular weight is 257 g/mol. The highest BCUT2D eigenvalue weighted by molar-refractivity contribution is 5.55. The van der Waals surface area contributed by atoms with E-state index in [-0.39, 0.29) is 6.20 Å². The number of pyridine rings is 1. The molecule has 0 spiro atoms. The zero-order valence-electron chi connectivity index (χ0n) is 7.83. The van der Waals surface area contributed by atoms with Crippen LogP contribution in [0.3, 0.4) is 0 Å². The van der Waals surface area contributed by atoms with E-state index in [1.807, 2.05) is 0 Å². The molecule has 0 aromatic carbocycles. The van der Waals surface area contributed by atoms with Crippen LogP contribution in [0.4, 0.5) is 33.5 Å². The number of aromatic nitrogens is 1. The van der Waals surface area contributed by atoms with Crippen molar-refractivity contribution in [3.63, 3.8) is 0 Å². The number of hydrogen-bond acceptors (Lipinski definition) is 4. The minimum absolute atomic E-state index is 0.270. The molecule has 0 saturated carbocycles. The largest absolute Gasteiger partial charge is 0.420 e. The van der Waals surface area contributed by atoms with Crippen LogP contribution in [0.15, 0.2) is 6.20 Å². The van der Waals surface area contributed by atoms with E-state index in [1.54, 1.807) is 0 Å². The molecule has 17 heavy (non-hydrogen) atoms. The highest BCUT2D eigenvalue weighted by Crippen LogP contribution is 2.42. The minimum Gasteiger partial charge on any atom is -0.383 e. The summed E-state index contributed by atoms with van der Waals surface area (Å²) in [5.74, 6) is -1.22. The summed E-state index contributed by atoms with van der Waals surface area (Å²) in [6, 6.07) is 0. The summed E-state index contributed by atoms with van der Waals surface area (Å²) >= 11 is 0. The first kappa shape index (κ1) is 13.1. The number of alkyl halides is 5. The van der Waals surface area contributed by atoms with Crippen molar-refractivity contribution >= 4 is 11.5 Å². The number of nitrogens with zero attached hydrogens (tertiary/aromatic N) is 2. The van der Waals surface area contributed by atoms with Crippen LogP contribution in [0, 0.1) is 10.1 Å². The molecular formula is C7H4F5N3O2. The Hall–Kier alpha value is -2.00. The fourth-order valence-electron chi connectivity index (χ4n) is 1.20. The summed E-state index contributed by atoms with van der Waals surface area (Å²) in [7, 11) is 0. The number of anilines is 1. The molecule has 2 N–H and O–H groups in total. The first-order valence-electron chi connectivity index (χ1n) is 3.94. The summed E-state index contributed by atoms with van der Waals surface area (Å²) in [6.45, 7) is 0. The summed E-state index contributed by atoms with van der Waals surface area (Å²) in [4.78, 5) is 11.9. The molecule has 10 heteroatoms. The van der Waals surface area contributed by atoms with Gasteiger partial charge in [-0.25, -0.2) is 13.8 Å². The Balaban J connectivity index is 3.67. The van der Waals surface area contributed by atoms with Crippen molar-refractivity contribution in [3.05, 3.63) is 27.4 Å². The molecule has 0 amide bonds. The van der Waals surface area contributed by atoms with Gasteiger partial charge in [-0.1, -0.05) is 0 Å². The van der Waals surface area contributed by atoms with Gasteiger partial charge < -0.3 is 5.73 Å². The van der Waals surface area contributed by atoms with Gasteiger partial charge in [0.1, 0.15) is 23.1 Å². The van der Waals surface area contributed by atoms with E-state index in [4.69, 9.17) is 5.73 Å². The van der Waals surface area contributed by atoms with Gasteiger partial charge >= 0.3 is 6.18 Å². The van der Waals surface area contributed by atoms with Crippen molar-refractivity contribution in [1.29, 1.82) is 0 Å². The number of rotatable bonds is 2. The van der Waals surface area contributed by atoms with Crippen molar-refractivity contribution in [2.45, 2.75) is 12.6 Å². The molecule has 0 aliphatic rings. The Labute approximate surface area is 90.2 Å². The van der Waals surface area contributed by atoms with Gasteiger partial charge in [-0.05, 0) is 0 Å². The quantitative estimate of drug-likeness (QED) is 0.501. The zero-order chi connectivity index (χ0) is 13.4. The number of nitrogens with two attached hydrogens (primary N) is 1. The number of hydrogen-bond donors (Lipinski definition) is 1. The van der Waals surface area contributed by atoms with Crippen molar-refractivity contribution in [1.82, 2.24) is 4.98 Å². The first-order chi connectivity index (χ1) is 7.66. The van der Waals surface area contributed by atoms with Gasteiger partial charge in [0.05, 0.1) is 4.92 Å². The SMILES string of the molecule is Nc1ncc([N+](=O)[O-])c(C(F)F)c1C(F)(F)F. The van der Waals surface area contributed by atoms with E-state index < -0.39 is 40.2 Å². The summed E-state index contributed by atoms with van der Waals surface area (Å²) in [5, 5.41) is 10.3. The van der Waals surface area contributed by atoms with Gasteiger partial charge in [0.25, 0.3) is 12.1 Å². The Bertz CT molecular complexity index is 460. The van der Waals surface area contributed by atoms with Gasteiger partial charge in [-0.3, -0.25) is 10.1 Å². The molecule has 94 valence electrons. The molecule has 0 atom stereocenters. The minimum atomic E-state index is -5.24. The van der Waals surface area contributed by atoms with Crippen molar-refractivity contribution < 1.29 is 26.9 Å². The molecule has 0 fully saturated rings. The molecule has 1 aromatic heterocycles. The summed E-state index contributed by atoms with van der Waals surface area (Å²) in [6.07, 6.45) is -8.65. The van der Waals surface area contributed by atoms with Crippen molar-refractivity contribution in [2.24, 2.45) is 0 Å². The monoisotopic (exact) mass is 257 g/mol. The molecule has 0 saturated heterocycles. The second kappa shape index (κ2) is 4.11. The zero-order valence-corrected chi connectivity index (χ0v) is 7.83. The summed E-state index contributed by atoms with van der Waals surface area (Å²) in [5.41, 5.74) is -0.327. The van der Waals surface area contributed by atoms with Crippen LogP contribution < -0.4 is 5.73 Å². The fraction of sp³-hybridized carbons (Fsp3) is 0.286. The molecule has 0 aliphatic carbocycles. The van der Waals surface area contributed by atoms with Crippen LogP contribution in [-0.4, -0.2) is 9.91 Å². The molecular weight excluding hydrogens is 253 g/mol. The van der Waals surface area contributed by atoms with E-state index in [9.17, 15) is 32.1 Å². The van der Waals surface area contributed by atoms with Crippen LogP contribution in [0.5, 0.6) is 0 Å². The molecule has 0 aliphatic heterocycles. The Morgan fingerprint density at radius 3 is 2.29 bits per heavy atom. The van der Waals surface area contributed by atoms with E-state index >= 15 is 0 Å². The highest BCUT2D eigenvalue weighted by atomic mass is 19.4. The molecule has 0 unspecified atom stereocenters. The van der Waals surface area contributed by atoms with Gasteiger partial charge in [0.2, 0.25) is 0 Å². The highest BCUT2D eigenvalue weighted by Gasteiger charge is 2.42. The number of halogens is 5. The lowest BCUT2D eigenvalue weighted by atomic mass is 10.1. The van der Waals surface area contributed by atoms with Crippen LogP contribution in [0.2, 0.25) is 0 Å². The Morgan fingerprint density at radius 1 is 1.41 bits per heavy atom. The topological polar surface area (TPSA) is 82.0 Å². The van der Waals surface area contributed by atoms with Gasteiger partial charge in [-0.2, -0.15) is 13.2 Å². The predicted molar refractivity (Wildman–Crippen MR) is 45.3 cm³/mol. The third-order valence-electron chi connectivity index (χ3n) is 1.83. The van der Waals surface area contributed by atoms with E-state index in [2.05, 4.69) is 4.98 Å². The second-order valence-corrected chi connectivity index (χ2v) is 2.87. The van der Waals surface area contributed by atoms with Crippen LogP contribution in [-0.2, 0) is 6.18 Å². The van der Waals surface area contributed by atoms with E-state index in [0.717, 1.165) is 0 Å². The normalized spacial score (nSPS) is 11.9. The Kier molecular flexibility index (Phi) is 3.16. The lowest BCUT2D eigenvalue weighted by Crippen LogP contribution is -2.16. The van der Waals surface area contributed by atoms with Gasteiger partial charge in [0, 0.05) is 0 Å². The molecule has 0 radical (unpaired) electrons. The number of nitrogen functional groups attached to an aromatic ring is 1. The van der Waals surface area contributed by atoms with Gasteiger partial charge in [-0.15, -0.1) is 0 Å². The molecule has 0 bridgehead atoms. The van der Waals surface area contributed by atoms with Crippen LogP contribution >= 0.6 is 0 Å². The van der Waals surface area contributed by atoms with Crippen molar-refractivity contribution in [3.8, 4) is 0 Å². The predicted octanol–water partition coefficient (Wildman–Crippen LogP) is 2.53. The average Bonchev–Trinajstić information content (AvgIpc) is 2.14. The standard InChI is InChI=1S/C7H4F5N3O2/c8-5(9)3-2(15(16)17)1-14-6(13)4(3)7(10,11)12/h1,5H,(H2,13,14). The second-order valence-electron chi connectivity index (χ2n) is 2.87. The first-order valence-corrected chi connectivity index (χ1v) is 3.94. The van der Waals surface area contributed by atoms with E-state index in [0.29, 0.717) is 0 Å². The number of nitro groups is 1. The van der Waals surface area contributed by atoms with Crippen molar-refractivity contribution in [2.75, 3.05) is 5.73 Å². The molecule has 1 aromatic rings. The lowest BCUT2D eigenvalue weighted by molar-refractivity contribution is -0.386. The molecule has 1 heterocycles. The fourth-order valence-corrected chi connectivity index (χ4v) is 1.20.